The Kier molecular flexibility index (Phi) is 5.46. The summed E-state index contributed by atoms with van der Waals surface area (Å²) in [6.45, 7) is 3.43. The monoisotopic (exact) mass is 365 g/mol. The summed E-state index contributed by atoms with van der Waals surface area (Å²) in [4.78, 5) is 32.0. The van der Waals surface area contributed by atoms with Crippen LogP contribution in [0, 0.1) is 6.92 Å². The van der Waals surface area contributed by atoms with Crippen LogP contribution < -0.4 is 16.0 Å². The third-order valence-corrected chi connectivity index (χ3v) is 3.53. The van der Waals surface area contributed by atoms with Gasteiger partial charge in [0.15, 0.2) is 0 Å². The summed E-state index contributed by atoms with van der Waals surface area (Å²) in [6, 6.07) is 12.3. The number of benzene rings is 1. The topological polar surface area (TPSA) is 109 Å². The molecule has 138 valence electrons. The van der Waals surface area contributed by atoms with Crippen LogP contribution in [0.5, 0.6) is 0 Å². The van der Waals surface area contributed by atoms with E-state index in [2.05, 4.69) is 25.9 Å². The fourth-order valence-corrected chi connectivity index (χ4v) is 2.45. The van der Waals surface area contributed by atoms with E-state index in [0.29, 0.717) is 23.1 Å². The van der Waals surface area contributed by atoms with Crippen LogP contribution in [0.15, 0.2) is 53.1 Å². The van der Waals surface area contributed by atoms with Gasteiger partial charge in [-0.25, -0.2) is 9.97 Å². The molecular formula is C19H19N5O3. The Balaban J connectivity index is 1.73. The van der Waals surface area contributed by atoms with Gasteiger partial charge in [0.05, 0.1) is 12.8 Å². The number of carbonyl (C=O) groups excluding carboxylic acids is 2. The van der Waals surface area contributed by atoms with Crippen molar-refractivity contribution in [2.24, 2.45) is 0 Å². The summed E-state index contributed by atoms with van der Waals surface area (Å²) in [6.07, 6.45) is 1.55. The Labute approximate surface area is 156 Å². The van der Waals surface area contributed by atoms with Crippen LogP contribution >= 0.6 is 0 Å². The summed E-state index contributed by atoms with van der Waals surface area (Å²) in [7, 11) is 0. The number of aromatic nitrogens is 2. The summed E-state index contributed by atoms with van der Waals surface area (Å²) >= 11 is 0. The molecule has 0 unspecified atom stereocenters. The lowest BCUT2D eigenvalue weighted by molar-refractivity contribution is -0.114. The van der Waals surface area contributed by atoms with Crippen molar-refractivity contribution in [2.75, 3.05) is 10.6 Å². The molecule has 3 N–H and O–H groups in total. The van der Waals surface area contributed by atoms with Gasteiger partial charge in [0.1, 0.15) is 23.1 Å². The molecular weight excluding hydrogens is 346 g/mol. The van der Waals surface area contributed by atoms with Gasteiger partial charge >= 0.3 is 0 Å². The van der Waals surface area contributed by atoms with Crippen molar-refractivity contribution in [3.63, 3.8) is 0 Å². The second-order valence-electron chi connectivity index (χ2n) is 5.83. The normalized spacial score (nSPS) is 10.3. The maximum absolute atomic E-state index is 12.4. The zero-order chi connectivity index (χ0) is 19.2. The number of anilines is 3. The summed E-state index contributed by atoms with van der Waals surface area (Å²) in [5.41, 5.74) is 1.63. The molecule has 0 aliphatic heterocycles. The predicted molar refractivity (Wildman–Crippen MR) is 101 cm³/mol. The number of nitrogens with one attached hydrogen (secondary N) is 3. The molecule has 0 saturated carbocycles. The summed E-state index contributed by atoms with van der Waals surface area (Å²) in [5.74, 6) is 1.11. The minimum Gasteiger partial charge on any atom is -0.467 e. The molecule has 2 amide bonds. The number of carbonyl (C=O) groups is 2. The van der Waals surface area contributed by atoms with Crippen molar-refractivity contribution < 1.29 is 14.0 Å². The minimum atomic E-state index is -0.327. The van der Waals surface area contributed by atoms with Crippen molar-refractivity contribution in [1.82, 2.24) is 15.3 Å². The zero-order valence-corrected chi connectivity index (χ0v) is 14.9. The Morgan fingerprint density at radius 3 is 2.63 bits per heavy atom. The highest BCUT2D eigenvalue weighted by Gasteiger charge is 2.11. The van der Waals surface area contributed by atoms with Gasteiger partial charge in [0, 0.05) is 24.4 Å². The molecule has 27 heavy (non-hydrogen) atoms. The van der Waals surface area contributed by atoms with Crippen molar-refractivity contribution in [3.05, 3.63) is 66.0 Å². The van der Waals surface area contributed by atoms with E-state index in [9.17, 15) is 9.59 Å². The first-order chi connectivity index (χ1) is 13.0. The van der Waals surface area contributed by atoms with Crippen LogP contribution in [-0.2, 0) is 11.3 Å². The van der Waals surface area contributed by atoms with Crippen LogP contribution in [0.4, 0.5) is 17.2 Å². The lowest BCUT2D eigenvalue weighted by atomic mass is 10.2. The molecule has 0 saturated heterocycles. The number of hydrogen-bond donors (Lipinski definition) is 3. The van der Waals surface area contributed by atoms with E-state index in [1.54, 1.807) is 49.6 Å². The number of rotatable bonds is 6. The van der Waals surface area contributed by atoms with Crippen LogP contribution in [-0.4, -0.2) is 21.8 Å². The van der Waals surface area contributed by atoms with Crippen molar-refractivity contribution in [3.8, 4) is 0 Å². The Morgan fingerprint density at radius 2 is 1.89 bits per heavy atom. The second kappa shape index (κ2) is 8.13. The number of furan rings is 1. The maximum Gasteiger partial charge on any atom is 0.270 e. The largest absolute Gasteiger partial charge is 0.467 e. The van der Waals surface area contributed by atoms with Gasteiger partial charge in [-0.1, -0.05) is 6.07 Å². The molecule has 2 aromatic heterocycles. The smallest absolute Gasteiger partial charge is 0.270 e. The number of aryl methyl sites for hydroxylation is 1. The van der Waals surface area contributed by atoms with Crippen LogP contribution in [0.3, 0.4) is 0 Å². The molecule has 0 aliphatic carbocycles. The molecule has 1 aromatic carbocycles. The van der Waals surface area contributed by atoms with Gasteiger partial charge in [0.25, 0.3) is 5.91 Å². The first-order valence-electron chi connectivity index (χ1n) is 8.30. The second-order valence-corrected chi connectivity index (χ2v) is 5.83. The van der Waals surface area contributed by atoms with Gasteiger partial charge in [-0.2, -0.15) is 0 Å². The molecule has 0 bridgehead atoms. The first kappa shape index (κ1) is 18.1. The van der Waals surface area contributed by atoms with Crippen LogP contribution in [0.1, 0.15) is 29.0 Å². The maximum atomic E-state index is 12.4. The summed E-state index contributed by atoms with van der Waals surface area (Å²) in [5, 5.41) is 8.59. The standard InChI is InChI=1S/C19H19N5O3/c1-12-21-17(19(26)20-11-16-7-4-8-27-16)10-18(22-12)24-15-6-3-5-14(9-15)23-13(2)25/h3-10H,11H2,1-2H3,(H,20,26)(H,23,25)(H,21,22,24). The first-order valence-corrected chi connectivity index (χ1v) is 8.30. The molecule has 0 fully saturated rings. The number of nitrogens with zero attached hydrogens (tertiary/aromatic N) is 2. The van der Waals surface area contributed by atoms with E-state index in [4.69, 9.17) is 4.42 Å². The average molecular weight is 365 g/mol. The van der Waals surface area contributed by atoms with E-state index in [1.165, 1.54) is 6.92 Å². The molecule has 0 aliphatic rings. The van der Waals surface area contributed by atoms with Crippen molar-refractivity contribution >= 4 is 29.0 Å². The number of amides is 2. The fraction of sp³-hybridized carbons (Fsp3) is 0.158. The zero-order valence-electron chi connectivity index (χ0n) is 14.9. The average Bonchev–Trinajstić information content (AvgIpc) is 3.12. The molecule has 3 rings (SSSR count). The molecule has 8 nitrogen and oxygen atoms in total. The van der Waals surface area contributed by atoms with Gasteiger partial charge in [-0.3, -0.25) is 9.59 Å². The quantitative estimate of drug-likeness (QED) is 0.619. The van der Waals surface area contributed by atoms with Gasteiger partial charge in [-0.15, -0.1) is 0 Å². The third-order valence-electron chi connectivity index (χ3n) is 3.53. The van der Waals surface area contributed by atoms with Crippen LogP contribution in [0.2, 0.25) is 0 Å². The fourth-order valence-electron chi connectivity index (χ4n) is 2.45. The summed E-state index contributed by atoms with van der Waals surface area (Å²) < 4.78 is 5.20. The molecule has 0 spiro atoms. The molecule has 0 atom stereocenters. The lowest BCUT2D eigenvalue weighted by Crippen LogP contribution is -2.24. The van der Waals surface area contributed by atoms with E-state index >= 15 is 0 Å². The lowest BCUT2D eigenvalue weighted by Gasteiger charge is -2.10. The van der Waals surface area contributed by atoms with Gasteiger partial charge in [-0.05, 0) is 37.3 Å². The highest BCUT2D eigenvalue weighted by Crippen LogP contribution is 2.19. The Hall–Kier alpha value is -3.68. The predicted octanol–water partition coefficient (Wildman–Crippen LogP) is 3.01. The van der Waals surface area contributed by atoms with E-state index in [1.807, 2.05) is 6.07 Å². The molecule has 0 radical (unpaired) electrons. The van der Waals surface area contributed by atoms with Gasteiger partial charge < -0.3 is 20.4 Å². The highest BCUT2D eigenvalue weighted by atomic mass is 16.3. The van der Waals surface area contributed by atoms with E-state index < -0.39 is 0 Å². The van der Waals surface area contributed by atoms with Crippen molar-refractivity contribution in [2.45, 2.75) is 20.4 Å². The molecule has 3 aromatic rings. The minimum absolute atomic E-state index is 0.152. The third kappa shape index (κ3) is 5.15. The highest BCUT2D eigenvalue weighted by molar-refractivity contribution is 5.93. The Morgan fingerprint density at radius 1 is 1.07 bits per heavy atom. The Bertz CT molecular complexity index is 954. The van der Waals surface area contributed by atoms with Crippen molar-refractivity contribution in [1.29, 1.82) is 0 Å². The molecule has 8 heteroatoms. The SMILES string of the molecule is CC(=O)Nc1cccc(Nc2cc(C(=O)NCc3ccco3)nc(C)n2)c1. The van der Waals surface area contributed by atoms with Crippen LogP contribution in [0.25, 0.3) is 0 Å². The van der Waals surface area contributed by atoms with E-state index in [-0.39, 0.29) is 24.1 Å². The van der Waals surface area contributed by atoms with Gasteiger partial charge in [0.2, 0.25) is 5.91 Å². The number of hydrogen-bond acceptors (Lipinski definition) is 6. The molecule has 2 heterocycles. The van der Waals surface area contributed by atoms with E-state index in [0.717, 1.165) is 5.69 Å².